The van der Waals surface area contributed by atoms with Crippen molar-refractivity contribution in [1.82, 2.24) is 15.5 Å². The number of guanidine groups is 1. The monoisotopic (exact) mass is 654 g/mol. The molecule has 4 atom stereocenters. The molecule has 0 bridgehead atoms. The van der Waals surface area contributed by atoms with Crippen molar-refractivity contribution in [3.63, 3.8) is 0 Å². The maximum atomic E-state index is 13.4. The maximum Gasteiger partial charge on any atom is 0.573 e. The molecule has 0 radical (unpaired) electrons. The largest absolute Gasteiger partial charge is 0.573 e. The Kier molecular flexibility index (Phi) is 10.3. The number of halogens is 6. The molecule has 3 aliphatic rings. The van der Waals surface area contributed by atoms with Gasteiger partial charge >= 0.3 is 18.5 Å². The minimum absolute atomic E-state index is 0.00698. The molecule has 4 rings (SSSR count). The molecular weight excluding hydrogens is 618 g/mol. The molecule has 1 aromatic carbocycles. The van der Waals surface area contributed by atoms with Gasteiger partial charge in [0.05, 0.1) is 11.6 Å². The van der Waals surface area contributed by atoms with E-state index >= 15 is 0 Å². The fraction of sp³-hybridized carbons (Fsp3) is 0.643. The zero-order valence-corrected chi connectivity index (χ0v) is 25.2. The van der Waals surface area contributed by atoms with Gasteiger partial charge in [-0.2, -0.15) is 13.2 Å². The van der Waals surface area contributed by atoms with E-state index in [4.69, 9.17) is 24.8 Å². The van der Waals surface area contributed by atoms with Crippen LogP contribution in [0.5, 0.6) is 11.5 Å². The number of carbonyl (C=O) groups excluding carboxylic acids is 2. The van der Waals surface area contributed by atoms with Gasteiger partial charge in [-0.1, -0.05) is 6.07 Å². The third-order valence-electron chi connectivity index (χ3n) is 7.42. The highest BCUT2D eigenvalue weighted by Gasteiger charge is 2.53. The van der Waals surface area contributed by atoms with E-state index in [1.165, 1.54) is 17.0 Å². The number of methoxy groups -OCH3 is 1. The fourth-order valence-electron chi connectivity index (χ4n) is 5.58. The van der Waals surface area contributed by atoms with Crippen molar-refractivity contribution in [2.24, 2.45) is 11.8 Å². The quantitative estimate of drug-likeness (QED) is 0.299. The Labute approximate surface area is 255 Å². The Morgan fingerprint density at radius 2 is 1.82 bits per heavy atom. The first kappa shape index (κ1) is 35.7. The molecule has 2 heterocycles. The maximum absolute atomic E-state index is 13.4. The molecule has 45 heavy (non-hydrogen) atoms. The van der Waals surface area contributed by atoms with Gasteiger partial charge in [-0.3, -0.25) is 19.9 Å². The lowest BCUT2D eigenvalue weighted by Gasteiger charge is -2.42. The highest BCUT2D eigenvalue weighted by molar-refractivity contribution is 5.99. The Morgan fingerprint density at radius 1 is 1.20 bits per heavy atom. The number of hydrogen-bond donors (Lipinski definition) is 4. The van der Waals surface area contributed by atoms with Crippen molar-refractivity contribution in [2.75, 3.05) is 13.7 Å². The molecule has 2 amide bonds. The average molecular weight is 655 g/mol. The highest BCUT2D eigenvalue weighted by Crippen LogP contribution is 2.48. The van der Waals surface area contributed by atoms with E-state index < -0.39 is 53.4 Å². The number of alkyl halides is 6. The molecule has 1 saturated carbocycles. The van der Waals surface area contributed by atoms with Gasteiger partial charge in [0.15, 0.2) is 5.96 Å². The van der Waals surface area contributed by atoms with E-state index in [1.807, 2.05) is 13.8 Å². The molecule has 1 saturated heterocycles. The van der Waals surface area contributed by atoms with Crippen molar-refractivity contribution in [2.45, 2.75) is 89.1 Å². The number of carbonyl (C=O) groups is 3. The number of rotatable bonds is 8. The SMILES string of the molecule is COCC[C@H]([C@@H]1C[C@H]1C(=O)NC1CC(C)(C)Oc2cccc(OC(F)(F)F)c21)N1C(=N)NC(C)(C)CC1=O.O=C(O)C(F)(F)F. The first-order valence-corrected chi connectivity index (χ1v) is 13.9. The zero-order chi connectivity index (χ0) is 34.1. The van der Waals surface area contributed by atoms with Gasteiger partial charge in [0, 0.05) is 44.1 Å². The normalized spacial score (nSPS) is 24.2. The number of nitrogens with one attached hydrogen (secondary N) is 3. The van der Waals surface area contributed by atoms with Gasteiger partial charge < -0.3 is 30.0 Å². The summed E-state index contributed by atoms with van der Waals surface area (Å²) in [4.78, 5) is 36.7. The molecule has 4 N–H and O–H groups in total. The van der Waals surface area contributed by atoms with Crippen LogP contribution >= 0.6 is 0 Å². The third kappa shape index (κ3) is 9.37. The highest BCUT2D eigenvalue weighted by atomic mass is 19.4. The van der Waals surface area contributed by atoms with Crippen LogP contribution in [0.4, 0.5) is 26.3 Å². The number of benzene rings is 1. The van der Waals surface area contributed by atoms with Crippen LogP contribution < -0.4 is 20.1 Å². The van der Waals surface area contributed by atoms with Crippen molar-refractivity contribution >= 4 is 23.7 Å². The summed E-state index contributed by atoms with van der Waals surface area (Å²) in [5, 5.41) is 21.6. The van der Waals surface area contributed by atoms with Crippen LogP contribution in [0.15, 0.2) is 18.2 Å². The third-order valence-corrected chi connectivity index (χ3v) is 7.42. The van der Waals surface area contributed by atoms with Crippen LogP contribution in [0, 0.1) is 17.2 Å². The summed E-state index contributed by atoms with van der Waals surface area (Å²) in [6, 6.07) is 2.99. The number of carboxylic acid groups (broad SMARTS) is 1. The Morgan fingerprint density at radius 3 is 2.36 bits per heavy atom. The number of ether oxygens (including phenoxy) is 3. The molecule has 11 nitrogen and oxygen atoms in total. The summed E-state index contributed by atoms with van der Waals surface area (Å²) in [5.41, 5.74) is -1.14. The summed E-state index contributed by atoms with van der Waals surface area (Å²) < 4.78 is 86.4. The van der Waals surface area contributed by atoms with Gasteiger partial charge in [0.2, 0.25) is 11.8 Å². The van der Waals surface area contributed by atoms with E-state index in [0.717, 1.165) is 0 Å². The second kappa shape index (κ2) is 12.9. The van der Waals surface area contributed by atoms with E-state index in [2.05, 4.69) is 15.4 Å². The molecule has 0 aromatic heterocycles. The molecule has 1 aromatic rings. The molecule has 1 unspecified atom stereocenters. The van der Waals surface area contributed by atoms with Crippen molar-refractivity contribution in [1.29, 1.82) is 5.41 Å². The topological polar surface area (TPSA) is 150 Å². The smallest absolute Gasteiger partial charge is 0.487 e. The molecular formula is C28H36F6N4O7. The predicted molar refractivity (Wildman–Crippen MR) is 145 cm³/mol. The standard InChI is InChI=1S/C26H35F3N4O5.C2HF3O2/c1-24(2)13-20(34)33(23(30)32-24)17(9-10-36-5)14-11-15(14)22(35)31-16-12-25(3,4)37-18-7-6-8-19(21(16)18)38-26(27,28)29;3-2(4,5)1(6)7/h6-8,14-17H,9-13H2,1-5H3,(H2,30,32)(H,31,35);(H,6,7)/t14-,15-,16?,17-;/m1./s1. The van der Waals surface area contributed by atoms with E-state index in [-0.39, 0.29) is 47.8 Å². The molecule has 252 valence electrons. The average Bonchev–Trinajstić information content (AvgIpc) is 3.64. The van der Waals surface area contributed by atoms with Gasteiger partial charge in [-0.25, -0.2) is 4.79 Å². The second-order valence-electron chi connectivity index (χ2n) is 12.3. The van der Waals surface area contributed by atoms with Crippen molar-refractivity contribution in [3.05, 3.63) is 23.8 Å². The van der Waals surface area contributed by atoms with Gasteiger partial charge in [0.1, 0.15) is 17.1 Å². The van der Waals surface area contributed by atoms with Crippen molar-refractivity contribution < 1.29 is 60.0 Å². The number of aliphatic carboxylic acids is 1. The Hall–Kier alpha value is -3.76. The summed E-state index contributed by atoms with van der Waals surface area (Å²) in [5.74, 6) is -4.15. The minimum Gasteiger partial charge on any atom is -0.487 e. The van der Waals surface area contributed by atoms with E-state index in [9.17, 15) is 35.9 Å². The summed E-state index contributed by atoms with van der Waals surface area (Å²) in [7, 11) is 1.55. The molecule has 17 heteroatoms. The fourth-order valence-corrected chi connectivity index (χ4v) is 5.58. The Bertz CT molecular complexity index is 1280. The van der Waals surface area contributed by atoms with Crippen LogP contribution in [0.25, 0.3) is 0 Å². The number of carboxylic acids is 1. The number of amides is 2. The summed E-state index contributed by atoms with van der Waals surface area (Å²) in [6.45, 7) is 7.64. The van der Waals surface area contributed by atoms with Crippen LogP contribution in [-0.2, 0) is 19.1 Å². The first-order chi connectivity index (χ1) is 20.5. The van der Waals surface area contributed by atoms with Gasteiger partial charge in [-0.05, 0) is 58.6 Å². The van der Waals surface area contributed by atoms with Crippen molar-refractivity contribution in [3.8, 4) is 11.5 Å². The predicted octanol–water partition coefficient (Wildman–Crippen LogP) is 4.51. The molecule has 2 fully saturated rings. The van der Waals surface area contributed by atoms with Gasteiger partial charge in [-0.15, -0.1) is 13.2 Å². The number of fused-ring (bicyclic) bond motifs is 1. The lowest BCUT2D eigenvalue weighted by atomic mass is 9.89. The molecule has 0 spiro atoms. The van der Waals surface area contributed by atoms with Crippen LogP contribution in [0.1, 0.15) is 65.0 Å². The van der Waals surface area contributed by atoms with E-state index in [0.29, 0.717) is 19.4 Å². The number of nitrogens with zero attached hydrogens (tertiary/aromatic N) is 1. The first-order valence-electron chi connectivity index (χ1n) is 13.9. The Balaban J connectivity index is 0.000000707. The second-order valence-corrected chi connectivity index (χ2v) is 12.3. The summed E-state index contributed by atoms with van der Waals surface area (Å²) >= 11 is 0. The number of hydrogen-bond acceptors (Lipinski definition) is 7. The summed E-state index contributed by atoms with van der Waals surface area (Å²) in [6.07, 6.45) is -8.61. The van der Waals surface area contributed by atoms with Gasteiger partial charge in [0.25, 0.3) is 0 Å². The lowest BCUT2D eigenvalue weighted by Crippen LogP contribution is -2.63. The van der Waals surface area contributed by atoms with E-state index in [1.54, 1.807) is 27.0 Å². The molecule has 2 aliphatic heterocycles. The van der Waals surface area contributed by atoms with Crippen LogP contribution in [-0.4, -0.2) is 77.2 Å². The lowest BCUT2D eigenvalue weighted by molar-refractivity contribution is -0.275. The van der Waals surface area contributed by atoms with Crippen LogP contribution in [0.2, 0.25) is 0 Å². The minimum atomic E-state index is -5.08. The zero-order valence-electron chi connectivity index (χ0n) is 25.2. The molecule has 1 aliphatic carbocycles. The van der Waals surface area contributed by atoms with Crippen LogP contribution in [0.3, 0.4) is 0 Å².